The first-order valence-electron chi connectivity index (χ1n) is 18.7. The van der Waals surface area contributed by atoms with Gasteiger partial charge < -0.3 is 25.8 Å². The van der Waals surface area contributed by atoms with E-state index < -0.39 is 5.97 Å². The third-order valence-corrected chi connectivity index (χ3v) is 8.51. The van der Waals surface area contributed by atoms with Gasteiger partial charge in [0, 0.05) is 93.2 Å². The molecule has 0 bridgehead atoms. The summed E-state index contributed by atoms with van der Waals surface area (Å²) in [5, 5.41) is 31.5. The Labute approximate surface area is 342 Å². The number of aldehydes is 1. The summed E-state index contributed by atoms with van der Waals surface area (Å²) < 4.78 is 10.0. The summed E-state index contributed by atoms with van der Waals surface area (Å²) in [5.41, 5.74) is 6.32. The Morgan fingerprint density at radius 1 is 0.633 bits per heavy atom. The van der Waals surface area contributed by atoms with Crippen LogP contribution in [0.5, 0.6) is 0 Å². The van der Waals surface area contributed by atoms with Gasteiger partial charge in [-0.05, 0) is 41.8 Å². The minimum atomic E-state index is -0.448. The summed E-state index contributed by atoms with van der Waals surface area (Å²) >= 11 is 0. The largest absolute Gasteiger partial charge is 0.461 e. The minimum absolute atomic E-state index is 0.0940. The smallest absolute Gasteiger partial charge is 0.357 e. The van der Waals surface area contributed by atoms with Crippen molar-refractivity contribution in [3.8, 4) is 0 Å². The van der Waals surface area contributed by atoms with Crippen molar-refractivity contribution in [3.63, 3.8) is 0 Å². The Morgan fingerprint density at radius 3 is 1.55 bits per heavy atom. The molecule has 0 aliphatic heterocycles. The van der Waals surface area contributed by atoms with Gasteiger partial charge in [-0.1, -0.05) is 18.2 Å². The highest BCUT2D eigenvalue weighted by molar-refractivity contribution is 5.88. The number of nitrogens with zero attached hydrogens (tertiary/aromatic N) is 12. The number of carbonyl (C=O) groups is 2. The molecule has 0 aliphatic carbocycles. The molecule has 9 rings (SSSR count). The van der Waals surface area contributed by atoms with E-state index in [2.05, 4.69) is 61.2 Å². The highest BCUT2D eigenvalue weighted by atomic mass is 16.5. The van der Waals surface area contributed by atoms with Crippen molar-refractivity contribution in [2.75, 3.05) is 22.6 Å². The third kappa shape index (κ3) is 10.2. The van der Waals surface area contributed by atoms with Crippen molar-refractivity contribution in [1.29, 1.82) is 0 Å². The van der Waals surface area contributed by atoms with Gasteiger partial charge >= 0.3 is 5.97 Å². The molecule has 9 aromatic heterocycles. The van der Waals surface area contributed by atoms with Crippen LogP contribution < -0.4 is 16.0 Å². The number of aliphatic hydroxyl groups excluding tert-OH is 1. The fourth-order valence-electron chi connectivity index (χ4n) is 5.73. The predicted octanol–water partition coefficient (Wildman–Crippen LogP) is 4.69. The van der Waals surface area contributed by atoms with E-state index in [1.54, 1.807) is 113 Å². The monoisotopic (exact) mass is 805 g/mol. The zero-order valence-corrected chi connectivity index (χ0v) is 32.3. The maximum absolute atomic E-state index is 11.9. The number of esters is 1. The number of ether oxygens (including phenoxy) is 1. The van der Waals surface area contributed by atoms with Crippen molar-refractivity contribution in [2.24, 2.45) is 0 Å². The lowest BCUT2D eigenvalue weighted by atomic mass is 10.3. The average Bonchev–Trinajstić information content (AvgIpc) is 4.10. The SMILES string of the molecule is CCOC(=O)c1cc(NCc2cccnc2)n2nccc2n1.O=Cc1cc(NCc2cccnc2)n2nccc2n1.OCc1cc(NCc2cccnc2)n2nccc2n1. The summed E-state index contributed by atoms with van der Waals surface area (Å²) in [6, 6.07) is 22.0. The topological polar surface area (TPSA) is 229 Å². The number of pyridine rings is 3. The summed E-state index contributed by atoms with van der Waals surface area (Å²) in [6.07, 6.45) is 16.2. The molecule has 9 aromatic rings. The zero-order valence-electron chi connectivity index (χ0n) is 32.3. The van der Waals surface area contributed by atoms with Gasteiger partial charge in [-0.25, -0.2) is 19.7 Å². The normalized spacial score (nSPS) is 10.6. The molecule has 4 N–H and O–H groups in total. The standard InChI is InChI=1S/C15H15N5O2.C13H13N5O.C13H11N5O/c1-2-22-15(21)12-8-14(20-13(19-12)5-7-18-20)17-10-11-4-3-6-16-9-11;2*19-9-11-6-13(18-12(17-11)3-5-16-18)15-8-10-2-1-4-14-7-10/h3-9,17H,2,10H2,1H3;1-7,15,19H,8-9H2;1-7,9,15H,8H2. The van der Waals surface area contributed by atoms with Gasteiger partial charge in [0.1, 0.15) is 23.1 Å². The number of aromatic nitrogens is 12. The average molecular weight is 806 g/mol. The molecule has 0 aliphatic rings. The Bertz CT molecular complexity index is 2780. The first-order chi connectivity index (χ1) is 29.5. The molecule has 302 valence electrons. The summed E-state index contributed by atoms with van der Waals surface area (Å²) in [7, 11) is 0. The molecule has 60 heavy (non-hydrogen) atoms. The predicted molar refractivity (Wildman–Crippen MR) is 221 cm³/mol. The van der Waals surface area contributed by atoms with Crippen molar-refractivity contribution in [3.05, 3.63) is 162 Å². The molecule has 0 unspecified atom stereocenters. The van der Waals surface area contributed by atoms with Crippen LogP contribution in [0.1, 0.15) is 50.3 Å². The second kappa shape index (κ2) is 19.8. The fraction of sp³-hybridized carbons (Fsp3) is 0.146. The number of hydrogen-bond donors (Lipinski definition) is 4. The molecular formula is C41H39N15O4. The third-order valence-electron chi connectivity index (χ3n) is 8.51. The van der Waals surface area contributed by atoms with Crippen LogP contribution in [-0.2, 0) is 31.0 Å². The Hall–Kier alpha value is -8.19. The first-order valence-corrected chi connectivity index (χ1v) is 18.7. The molecule has 0 fully saturated rings. The molecule has 19 heteroatoms. The number of rotatable bonds is 13. The molecule has 0 radical (unpaired) electrons. The van der Waals surface area contributed by atoms with Gasteiger partial charge in [0.05, 0.1) is 37.5 Å². The Balaban J connectivity index is 0.000000137. The van der Waals surface area contributed by atoms with Gasteiger partial charge in [-0.15, -0.1) is 0 Å². The highest BCUT2D eigenvalue weighted by Gasteiger charge is 2.14. The van der Waals surface area contributed by atoms with Crippen LogP contribution >= 0.6 is 0 Å². The maximum Gasteiger partial charge on any atom is 0.357 e. The zero-order chi connectivity index (χ0) is 41.5. The molecule has 19 nitrogen and oxygen atoms in total. The lowest BCUT2D eigenvalue weighted by Crippen LogP contribution is -2.12. The molecule has 0 spiro atoms. The quantitative estimate of drug-likeness (QED) is 0.0915. The van der Waals surface area contributed by atoms with E-state index in [-0.39, 0.29) is 12.3 Å². The molecule has 9 heterocycles. The van der Waals surface area contributed by atoms with Gasteiger partial charge in [-0.3, -0.25) is 19.7 Å². The summed E-state index contributed by atoms with van der Waals surface area (Å²) in [6.45, 7) is 3.78. The second-order valence-electron chi connectivity index (χ2n) is 12.7. The van der Waals surface area contributed by atoms with Crippen LogP contribution in [-0.4, -0.2) is 82.7 Å². The molecule has 0 atom stereocenters. The highest BCUT2D eigenvalue weighted by Crippen LogP contribution is 2.16. The number of aliphatic hydroxyl groups is 1. The Morgan fingerprint density at radius 2 is 1.10 bits per heavy atom. The van der Waals surface area contributed by atoms with Crippen molar-refractivity contribution >= 4 is 46.7 Å². The van der Waals surface area contributed by atoms with E-state index in [0.717, 1.165) is 34.6 Å². The molecular weight excluding hydrogens is 767 g/mol. The van der Waals surface area contributed by atoms with Crippen LogP contribution in [0.4, 0.5) is 17.5 Å². The number of fused-ring (bicyclic) bond motifs is 3. The summed E-state index contributed by atoms with van der Waals surface area (Å²) in [5.74, 6) is 1.74. The van der Waals surface area contributed by atoms with E-state index in [4.69, 9.17) is 4.74 Å². The lowest BCUT2D eigenvalue weighted by molar-refractivity contribution is 0.0519. The molecule has 0 saturated heterocycles. The van der Waals surface area contributed by atoms with E-state index in [0.29, 0.717) is 60.4 Å². The number of hydrogen-bond acceptors (Lipinski definition) is 16. The first kappa shape index (κ1) is 40.0. The maximum atomic E-state index is 11.9. The van der Waals surface area contributed by atoms with Gasteiger partial charge in [0.2, 0.25) is 0 Å². The fourth-order valence-corrected chi connectivity index (χ4v) is 5.73. The van der Waals surface area contributed by atoms with E-state index in [9.17, 15) is 14.7 Å². The number of nitrogens with one attached hydrogen (secondary N) is 3. The van der Waals surface area contributed by atoms with Crippen LogP contribution in [0, 0.1) is 0 Å². The lowest BCUT2D eigenvalue weighted by Gasteiger charge is -2.10. The number of carbonyl (C=O) groups excluding carboxylic acids is 2. The van der Waals surface area contributed by atoms with Crippen LogP contribution in [0.3, 0.4) is 0 Å². The van der Waals surface area contributed by atoms with E-state index >= 15 is 0 Å². The van der Waals surface area contributed by atoms with Crippen molar-refractivity contribution < 1.29 is 19.4 Å². The Kier molecular flexibility index (Phi) is 13.2. The van der Waals surface area contributed by atoms with Gasteiger partial charge in [0.25, 0.3) is 0 Å². The van der Waals surface area contributed by atoms with Crippen LogP contribution in [0.15, 0.2) is 129 Å². The van der Waals surface area contributed by atoms with Gasteiger partial charge in [0.15, 0.2) is 28.9 Å². The van der Waals surface area contributed by atoms with Crippen molar-refractivity contribution in [1.82, 2.24) is 58.7 Å². The van der Waals surface area contributed by atoms with Crippen LogP contribution in [0.2, 0.25) is 0 Å². The molecule has 0 aromatic carbocycles. The minimum Gasteiger partial charge on any atom is -0.461 e. The summed E-state index contributed by atoms with van der Waals surface area (Å²) in [4.78, 5) is 47.6. The van der Waals surface area contributed by atoms with Gasteiger partial charge in [-0.2, -0.15) is 28.8 Å². The molecule has 0 saturated carbocycles. The van der Waals surface area contributed by atoms with E-state index in [1.165, 1.54) is 0 Å². The second-order valence-corrected chi connectivity index (χ2v) is 12.7. The molecule has 0 amide bonds. The van der Waals surface area contributed by atoms with E-state index in [1.807, 2.05) is 36.4 Å². The number of anilines is 3. The van der Waals surface area contributed by atoms with Crippen molar-refractivity contribution in [2.45, 2.75) is 33.2 Å². The van der Waals surface area contributed by atoms with Crippen LogP contribution in [0.25, 0.3) is 16.9 Å².